The van der Waals surface area contributed by atoms with Crippen LogP contribution in [-0.2, 0) is 36.3 Å². The fourth-order valence-electron chi connectivity index (χ4n) is 7.26. The second kappa shape index (κ2) is 10.7. The molecule has 1 aliphatic heterocycles. The van der Waals surface area contributed by atoms with Gasteiger partial charge in [0.05, 0.1) is 16.9 Å². The summed E-state index contributed by atoms with van der Waals surface area (Å²) >= 11 is 0. The van der Waals surface area contributed by atoms with Crippen molar-refractivity contribution in [3.8, 4) is 0 Å². The van der Waals surface area contributed by atoms with Gasteiger partial charge in [0.2, 0.25) is 0 Å². The van der Waals surface area contributed by atoms with Gasteiger partial charge in [-0.2, -0.15) is 26.3 Å². The molecule has 1 amide bonds. The number of fused-ring (bicyclic) bond motifs is 3. The van der Waals surface area contributed by atoms with Crippen molar-refractivity contribution in [1.29, 1.82) is 0 Å². The zero-order valence-corrected chi connectivity index (χ0v) is 24.6. The molecule has 0 spiro atoms. The largest absolute Gasteiger partial charge is 0.481 e. The first-order valence-electron chi connectivity index (χ1n) is 14.2. The van der Waals surface area contributed by atoms with Crippen LogP contribution >= 0.6 is 0 Å². The molecule has 2 atom stereocenters. The number of halogens is 8. The molecular weight excluding hydrogens is 638 g/mol. The number of sulfone groups is 1. The third kappa shape index (κ3) is 4.91. The lowest BCUT2D eigenvalue weighted by atomic mass is 9.76. The first-order chi connectivity index (χ1) is 20.7. The summed E-state index contributed by atoms with van der Waals surface area (Å²) in [6, 6.07) is 5.78. The highest BCUT2D eigenvalue weighted by Gasteiger charge is 2.74. The number of rotatable bonds is 5. The van der Waals surface area contributed by atoms with Crippen LogP contribution in [0.25, 0.3) is 0 Å². The SMILES string of the molecule is Cc1cccc(S(=O)(=O)C23CCN(C(=O)[C@]4(F)CC[C@@H](C(=O)O)CC4)C2CCc2cc(C(F)(C(F)(F)F)C(F)(F)F)ccc23)c1. The summed E-state index contributed by atoms with van der Waals surface area (Å²) in [5, 5.41) is 9.28. The lowest BCUT2D eigenvalue weighted by Gasteiger charge is -2.44. The maximum Gasteiger partial charge on any atom is 0.435 e. The van der Waals surface area contributed by atoms with Crippen LogP contribution < -0.4 is 0 Å². The van der Waals surface area contributed by atoms with Crippen LogP contribution in [-0.4, -0.2) is 60.9 Å². The molecule has 5 rings (SSSR count). The molecule has 0 bridgehead atoms. The number of nitrogens with zero attached hydrogens (tertiary/aromatic N) is 1. The number of hydrogen-bond donors (Lipinski definition) is 1. The van der Waals surface area contributed by atoms with E-state index in [2.05, 4.69) is 0 Å². The maximum atomic E-state index is 16.1. The molecule has 0 aromatic heterocycles. The van der Waals surface area contributed by atoms with E-state index in [0.717, 1.165) is 11.0 Å². The Kier molecular flexibility index (Phi) is 7.85. The zero-order chi connectivity index (χ0) is 33.4. The molecular formula is C30H29F8NO5S. The number of carboxylic acid groups (broad SMARTS) is 1. The van der Waals surface area contributed by atoms with Gasteiger partial charge in [0.25, 0.3) is 5.91 Å². The molecule has 1 saturated heterocycles. The van der Waals surface area contributed by atoms with Gasteiger partial charge in [0.15, 0.2) is 15.5 Å². The Morgan fingerprint density at radius 1 is 0.911 bits per heavy atom. The van der Waals surface area contributed by atoms with Crippen molar-refractivity contribution in [3.63, 3.8) is 0 Å². The van der Waals surface area contributed by atoms with Gasteiger partial charge < -0.3 is 10.0 Å². The molecule has 0 radical (unpaired) electrons. The van der Waals surface area contributed by atoms with Crippen molar-refractivity contribution in [3.05, 3.63) is 64.7 Å². The van der Waals surface area contributed by atoms with Crippen LogP contribution in [0.15, 0.2) is 47.4 Å². The Bertz CT molecular complexity index is 1620. The summed E-state index contributed by atoms with van der Waals surface area (Å²) in [6.07, 6.45) is -14.8. The summed E-state index contributed by atoms with van der Waals surface area (Å²) in [5.74, 6) is -3.03. The third-order valence-electron chi connectivity index (χ3n) is 9.62. The van der Waals surface area contributed by atoms with Gasteiger partial charge in [-0.25, -0.2) is 17.2 Å². The van der Waals surface area contributed by atoms with Gasteiger partial charge in [-0.3, -0.25) is 9.59 Å². The quantitative estimate of drug-likeness (QED) is 0.369. The molecule has 1 heterocycles. The van der Waals surface area contributed by atoms with Crippen LogP contribution in [0, 0.1) is 12.8 Å². The fourth-order valence-corrected chi connectivity index (χ4v) is 9.73. The minimum absolute atomic E-state index is 0.127. The summed E-state index contributed by atoms with van der Waals surface area (Å²) in [4.78, 5) is 26.0. The number of carboxylic acids is 1. The Balaban J connectivity index is 1.65. The molecule has 2 fully saturated rings. The van der Waals surface area contributed by atoms with Gasteiger partial charge in [-0.15, -0.1) is 0 Å². The Labute approximate surface area is 253 Å². The highest BCUT2D eigenvalue weighted by Crippen LogP contribution is 2.57. The minimum atomic E-state index is -6.38. The number of likely N-dealkylation sites (tertiary alicyclic amines) is 1. The van der Waals surface area contributed by atoms with Crippen LogP contribution in [0.3, 0.4) is 0 Å². The smallest absolute Gasteiger partial charge is 0.435 e. The molecule has 2 aromatic carbocycles. The molecule has 2 aliphatic carbocycles. The average molecular weight is 668 g/mol. The number of carbonyl (C=O) groups is 2. The molecule has 15 heteroatoms. The summed E-state index contributed by atoms with van der Waals surface area (Å²) in [6.45, 7) is 1.30. The maximum absolute atomic E-state index is 16.1. The van der Waals surface area contributed by atoms with E-state index in [-0.39, 0.29) is 60.7 Å². The van der Waals surface area contributed by atoms with Crippen molar-refractivity contribution < 1.29 is 58.2 Å². The van der Waals surface area contributed by atoms with Crippen LogP contribution in [0.4, 0.5) is 35.1 Å². The number of hydrogen-bond acceptors (Lipinski definition) is 4. The predicted molar refractivity (Wildman–Crippen MR) is 143 cm³/mol. The second-order valence-corrected chi connectivity index (χ2v) is 14.3. The first-order valence-corrected chi connectivity index (χ1v) is 15.7. The lowest BCUT2D eigenvalue weighted by Crippen LogP contribution is -2.56. The number of aliphatic carboxylic acids is 1. The van der Waals surface area contributed by atoms with E-state index >= 15 is 8.78 Å². The van der Waals surface area contributed by atoms with E-state index < -0.39 is 80.5 Å². The van der Waals surface area contributed by atoms with E-state index in [0.29, 0.717) is 11.6 Å². The van der Waals surface area contributed by atoms with Crippen molar-refractivity contribution in [1.82, 2.24) is 4.90 Å². The molecule has 3 aliphatic rings. The van der Waals surface area contributed by atoms with Gasteiger partial charge in [0, 0.05) is 12.1 Å². The van der Waals surface area contributed by atoms with E-state index in [4.69, 9.17) is 0 Å². The van der Waals surface area contributed by atoms with Crippen LogP contribution in [0.2, 0.25) is 0 Å². The predicted octanol–water partition coefficient (Wildman–Crippen LogP) is 6.48. The Morgan fingerprint density at radius 2 is 1.53 bits per heavy atom. The molecule has 246 valence electrons. The number of benzene rings is 2. The van der Waals surface area contributed by atoms with Gasteiger partial charge in [0.1, 0.15) is 4.75 Å². The highest BCUT2D eigenvalue weighted by atomic mass is 32.2. The second-order valence-electron chi connectivity index (χ2n) is 12.1. The fraction of sp³-hybridized carbons (Fsp3) is 0.533. The van der Waals surface area contributed by atoms with E-state index in [9.17, 15) is 49.5 Å². The molecule has 45 heavy (non-hydrogen) atoms. The van der Waals surface area contributed by atoms with Gasteiger partial charge >= 0.3 is 24.0 Å². The monoisotopic (exact) mass is 667 g/mol. The van der Waals surface area contributed by atoms with Gasteiger partial charge in [-0.1, -0.05) is 30.3 Å². The van der Waals surface area contributed by atoms with Crippen LogP contribution in [0.5, 0.6) is 0 Å². The van der Waals surface area contributed by atoms with Crippen LogP contribution in [0.1, 0.15) is 60.8 Å². The molecule has 1 saturated carbocycles. The van der Waals surface area contributed by atoms with E-state index in [1.165, 1.54) is 18.2 Å². The van der Waals surface area contributed by atoms with E-state index in [1.807, 2.05) is 0 Å². The molecule has 6 nitrogen and oxygen atoms in total. The Hall–Kier alpha value is -3.23. The molecule has 2 unspecified atom stereocenters. The number of aryl methyl sites for hydroxylation is 2. The van der Waals surface area contributed by atoms with Crippen molar-refractivity contribution in [2.24, 2.45) is 5.92 Å². The van der Waals surface area contributed by atoms with Crippen molar-refractivity contribution in [2.45, 2.75) is 91.2 Å². The van der Waals surface area contributed by atoms with Crippen molar-refractivity contribution in [2.75, 3.05) is 6.54 Å². The summed E-state index contributed by atoms with van der Waals surface area (Å²) < 4.78 is 140. The van der Waals surface area contributed by atoms with E-state index in [1.54, 1.807) is 13.0 Å². The first kappa shape index (κ1) is 33.1. The minimum Gasteiger partial charge on any atom is -0.481 e. The third-order valence-corrected chi connectivity index (χ3v) is 12.1. The molecule has 1 N–H and O–H groups in total. The summed E-state index contributed by atoms with van der Waals surface area (Å²) in [5.41, 5.74) is -9.91. The van der Waals surface area contributed by atoms with Gasteiger partial charge in [-0.05, 0) is 80.7 Å². The lowest BCUT2D eigenvalue weighted by molar-refractivity contribution is -0.348. The molecule has 2 aromatic rings. The number of amides is 1. The standard InChI is InChI=1S/C30H29F8NO5S/c1-17-3-2-4-21(15-17)45(43,44)27-13-14-39(25(42)26(31)11-9-18(10-12-26)24(40)41)23(27)8-5-19-16-20(6-7-22(19)27)28(32,29(33,34)35)30(36,37)38/h2-4,6-7,15-16,18,23H,5,8-14H2,1H3,(H,40,41)/t18-,23?,26+,27?. The van der Waals surface area contributed by atoms with Crippen molar-refractivity contribution >= 4 is 21.7 Å². The normalized spacial score (nSPS) is 27.5. The zero-order valence-electron chi connectivity index (χ0n) is 23.8. The highest BCUT2D eigenvalue weighted by molar-refractivity contribution is 7.92. The number of alkyl halides is 8. The topological polar surface area (TPSA) is 91.8 Å². The Morgan fingerprint density at radius 3 is 2.09 bits per heavy atom. The summed E-state index contributed by atoms with van der Waals surface area (Å²) in [7, 11) is -4.57. The average Bonchev–Trinajstić information content (AvgIpc) is 3.36. The number of carbonyl (C=O) groups excluding carboxylic acids is 1.